The monoisotopic (exact) mass is 1250 g/mol. The number of esters is 1. The summed E-state index contributed by atoms with van der Waals surface area (Å²) in [5, 5.41) is 0. The zero-order valence-corrected chi connectivity index (χ0v) is 53.2. The van der Waals surface area contributed by atoms with Gasteiger partial charge in [0.15, 0.2) is 18.7 Å². The molecule has 0 bridgehead atoms. The lowest BCUT2D eigenvalue weighted by atomic mass is 9.81. The summed E-state index contributed by atoms with van der Waals surface area (Å²) in [6.07, 6.45) is 0.824. The van der Waals surface area contributed by atoms with E-state index in [0.717, 1.165) is 90.3 Å². The van der Waals surface area contributed by atoms with Gasteiger partial charge in [0, 0.05) is 0 Å². The van der Waals surface area contributed by atoms with E-state index in [4.69, 9.17) is 56.8 Å². The quantitative estimate of drug-likeness (QED) is 0.0383. The van der Waals surface area contributed by atoms with E-state index >= 15 is 4.79 Å². The van der Waals surface area contributed by atoms with E-state index < -0.39 is 85.7 Å². The van der Waals surface area contributed by atoms with Gasteiger partial charge in [-0.2, -0.15) is 0 Å². The van der Waals surface area contributed by atoms with E-state index in [0.29, 0.717) is 38.6 Å². The standard InChI is InChI=1S/C79H92O13/c1-56-70(82-49-59-31-14-4-15-32-59)73(84-51-61-35-18-6-19-36-61)75(85-52-62-37-20-7-21-38-62)78(88-56)92-71-66(65-45-46-65)43-26-44-67(71)90-79-76(86-53-63-39-22-8-23-40-63)74(89-68(47-57-27-10-2-11-28-57)77(80)87-54-64-41-24-9-25-42-64)72(83-50-60-33-16-5-17-34-60)69(91-79)55-81-48-58-29-12-3-13-30-58/h3-9,12-25,29-42,56-57,65-76,78-79H,2,10-11,26-28,43-55H2,1H3/t56-,66+,67+,68-,69+,70+,71+,72-,73+,74-,75-,76+,78-,79+/m0/s1. The van der Waals surface area contributed by atoms with Crippen molar-refractivity contribution >= 4 is 5.97 Å². The summed E-state index contributed by atoms with van der Waals surface area (Å²) in [4.78, 5) is 15.0. The van der Waals surface area contributed by atoms with Gasteiger partial charge in [0.25, 0.3) is 0 Å². The largest absolute Gasteiger partial charge is 0.459 e. The molecule has 0 amide bonds. The summed E-state index contributed by atoms with van der Waals surface area (Å²) >= 11 is 0. The lowest BCUT2D eigenvalue weighted by Crippen LogP contribution is -2.64. The van der Waals surface area contributed by atoms with Gasteiger partial charge in [-0.05, 0) is 95.7 Å². The van der Waals surface area contributed by atoms with Gasteiger partial charge >= 0.3 is 5.97 Å². The highest BCUT2D eigenvalue weighted by Gasteiger charge is 2.55. The summed E-state index contributed by atoms with van der Waals surface area (Å²) in [5.41, 5.74) is 6.91. The highest BCUT2D eigenvalue weighted by molar-refractivity contribution is 5.74. The minimum atomic E-state index is -1.07. The third-order valence-electron chi connectivity index (χ3n) is 18.9. The Hall–Kier alpha value is -6.43. The van der Waals surface area contributed by atoms with Crippen LogP contribution in [-0.2, 0) is 108 Å². The van der Waals surface area contributed by atoms with Crippen LogP contribution in [0.25, 0.3) is 0 Å². The van der Waals surface area contributed by atoms with E-state index in [1.54, 1.807) is 0 Å². The van der Waals surface area contributed by atoms with Crippen molar-refractivity contribution in [1.29, 1.82) is 0 Å². The van der Waals surface area contributed by atoms with Crippen molar-refractivity contribution in [1.82, 2.24) is 0 Å². The normalized spacial score (nSPS) is 27.2. The number of rotatable bonds is 31. The number of benzene rings is 7. The number of ether oxygens (including phenoxy) is 12. The van der Waals surface area contributed by atoms with Crippen molar-refractivity contribution in [2.24, 2.45) is 17.8 Å². The summed E-state index contributed by atoms with van der Waals surface area (Å²) in [6, 6.07) is 70.8. The fourth-order valence-electron chi connectivity index (χ4n) is 13.8. The average molecular weight is 1250 g/mol. The van der Waals surface area contributed by atoms with Crippen LogP contribution < -0.4 is 0 Å². The van der Waals surface area contributed by atoms with E-state index in [1.165, 1.54) is 6.42 Å². The minimum absolute atomic E-state index is 0.107. The van der Waals surface area contributed by atoms with Gasteiger partial charge in [-0.25, -0.2) is 4.79 Å². The van der Waals surface area contributed by atoms with E-state index in [9.17, 15) is 0 Å². The van der Waals surface area contributed by atoms with Crippen molar-refractivity contribution in [2.45, 2.75) is 204 Å². The first-order valence-corrected chi connectivity index (χ1v) is 33.8. The Bertz CT molecular complexity index is 3190. The first-order chi connectivity index (χ1) is 45.4. The molecule has 486 valence electrons. The Balaban J connectivity index is 0.908. The Morgan fingerprint density at radius 3 is 1.32 bits per heavy atom. The number of hydrogen-bond donors (Lipinski definition) is 0. The van der Waals surface area contributed by atoms with Crippen molar-refractivity contribution in [3.63, 3.8) is 0 Å². The SMILES string of the molecule is C[C@@H]1O[C@@H](O[C@@H]2[C@@H](C3CC3)CCC[C@H]2O[C@@H]2O[C@H](COCc3ccccc3)[C@H](OCc3ccccc3)[C@H](O[C@@H](CC3CCCCC3)C(=O)OCc3ccccc3)[C@H]2OCc2ccccc2)[C@@H](OCc2ccccc2)[C@H](OCc2ccccc2)[C@@H]1OCc1ccccc1. The zero-order chi connectivity index (χ0) is 62.5. The molecule has 14 atom stereocenters. The second-order valence-corrected chi connectivity index (χ2v) is 25.7. The van der Waals surface area contributed by atoms with Crippen molar-refractivity contribution in [3.05, 3.63) is 251 Å². The number of hydrogen-bond acceptors (Lipinski definition) is 13. The summed E-state index contributed by atoms with van der Waals surface area (Å²) in [7, 11) is 0. The lowest BCUT2D eigenvalue weighted by molar-refractivity contribution is -0.364. The smallest absolute Gasteiger partial charge is 0.335 e. The molecule has 92 heavy (non-hydrogen) atoms. The van der Waals surface area contributed by atoms with Crippen LogP contribution in [0.5, 0.6) is 0 Å². The van der Waals surface area contributed by atoms with E-state index in [1.807, 2.05) is 171 Å². The average Bonchev–Trinajstić information content (AvgIpc) is 1.39. The van der Waals surface area contributed by atoms with Crippen LogP contribution in [0.2, 0.25) is 0 Å². The molecule has 7 aromatic carbocycles. The van der Waals surface area contributed by atoms with Crippen LogP contribution in [0.3, 0.4) is 0 Å². The molecular weight excluding hydrogens is 1160 g/mol. The highest BCUT2D eigenvalue weighted by Crippen LogP contribution is 2.48. The number of carbonyl (C=O) groups is 1. The van der Waals surface area contributed by atoms with Gasteiger partial charge in [0.2, 0.25) is 0 Å². The first-order valence-electron chi connectivity index (χ1n) is 33.8. The van der Waals surface area contributed by atoms with Gasteiger partial charge < -0.3 is 56.8 Å². The minimum Gasteiger partial charge on any atom is -0.459 e. The Morgan fingerprint density at radius 1 is 0.402 bits per heavy atom. The van der Waals surface area contributed by atoms with Gasteiger partial charge in [-0.15, -0.1) is 0 Å². The van der Waals surface area contributed by atoms with E-state index in [-0.39, 0.29) is 44.9 Å². The third-order valence-corrected chi connectivity index (χ3v) is 18.9. The Morgan fingerprint density at radius 2 is 0.826 bits per heavy atom. The van der Waals surface area contributed by atoms with Crippen LogP contribution in [0.15, 0.2) is 212 Å². The van der Waals surface area contributed by atoms with E-state index in [2.05, 4.69) is 48.5 Å². The van der Waals surface area contributed by atoms with Gasteiger partial charge in [-0.3, -0.25) is 0 Å². The van der Waals surface area contributed by atoms with Crippen LogP contribution in [0.1, 0.15) is 116 Å². The molecule has 3 saturated carbocycles. The molecule has 13 heteroatoms. The Labute approximate surface area is 544 Å². The number of carbonyl (C=O) groups excluding carboxylic acids is 1. The molecule has 2 aliphatic heterocycles. The fraction of sp³-hybridized carbons (Fsp3) is 0.456. The van der Waals surface area contributed by atoms with Gasteiger partial charge in [0.1, 0.15) is 49.3 Å². The molecule has 0 spiro atoms. The third kappa shape index (κ3) is 18.7. The highest BCUT2D eigenvalue weighted by atomic mass is 16.8. The van der Waals surface area contributed by atoms with Crippen molar-refractivity contribution in [3.8, 4) is 0 Å². The fourth-order valence-corrected chi connectivity index (χ4v) is 13.8. The van der Waals surface area contributed by atoms with Crippen molar-refractivity contribution in [2.75, 3.05) is 6.61 Å². The summed E-state index contributed by atoms with van der Waals surface area (Å²) < 4.78 is 86.2. The maximum Gasteiger partial charge on any atom is 0.335 e. The topological polar surface area (TPSA) is 128 Å². The maximum atomic E-state index is 15.0. The molecule has 0 radical (unpaired) electrons. The lowest BCUT2D eigenvalue weighted by Gasteiger charge is -2.50. The first kappa shape index (κ1) is 65.6. The van der Waals surface area contributed by atoms with Crippen LogP contribution in [-0.4, -0.2) is 92.3 Å². The second-order valence-electron chi connectivity index (χ2n) is 25.7. The molecule has 2 saturated heterocycles. The maximum absolute atomic E-state index is 15.0. The predicted octanol–water partition coefficient (Wildman–Crippen LogP) is 15.0. The summed E-state index contributed by atoms with van der Waals surface area (Å²) in [6.45, 7) is 4.00. The molecule has 12 rings (SSSR count). The van der Waals surface area contributed by atoms with Crippen molar-refractivity contribution < 1.29 is 61.6 Å². The molecule has 3 aliphatic carbocycles. The Kier molecular flexibility index (Phi) is 24.3. The van der Waals surface area contributed by atoms with Crippen LogP contribution in [0.4, 0.5) is 0 Å². The van der Waals surface area contributed by atoms with Crippen LogP contribution in [0, 0.1) is 17.8 Å². The molecule has 0 unspecified atom stereocenters. The molecule has 2 heterocycles. The molecule has 13 nitrogen and oxygen atoms in total. The molecule has 5 aliphatic rings. The zero-order valence-electron chi connectivity index (χ0n) is 53.2. The predicted molar refractivity (Wildman–Crippen MR) is 350 cm³/mol. The summed E-state index contributed by atoms with van der Waals surface area (Å²) in [5.74, 6) is 0.375. The van der Waals surface area contributed by atoms with Crippen LogP contribution >= 0.6 is 0 Å². The molecule has 5 fully saturated rings. The molecule has 0 N–H and O–H groups in total. The molecular formula is C79H92O13. The second kappa shape index (κ2) is 34.1. The van der Waals surface area contributed by atoms with Gasteiger partial charge in [-0.1, -0.05) is 251 Å². The van der Waals surface area contributed by atoms with Gasteiger partial charge in [0.05, 0.1) is 64.6 Å². The molecule has 0 aromatic heterocycles. The molecule has 7 aromatic rings.